The minimum atomic E-state index is -0.494. The molecule has 128 valence electrons. The van der Waals surface area contributed by atoms with E-state index in [1.807, 2.05) is 6.92 Å². The van der Waals surface area contributed by atoms with Crippen LogP contribution in [-0.4, -0.2) is 54.8 Å². The average molecular weight is 320 g/mol. The normalized spacial score (nSPS) is 17.7. The van der Waals surface area contributed by atoms with Crippen LogP contribution in [0.3, 0.4) is 0 Å². The highest BCUT2D eigenvalue weighted by Gasteiger charge is 2.18. The molecule has 23 heavy (non-hydrogen) atoms. The Morgan fingerprint density at radius 2 is 2.00 bits per heavy atom. The maximum atomic E-state index is 11.7. The lowest BCUT2D eigenvalue weighted by atomic mass is 9.99. The topological polar surface area (TPSA) is 61.8 Å². The molecular weight excluding hydrogens is 292 g/mol. The number of aliphatic hydroxyl groups is 1. The summed E-state index contributed by atoms with van der Waals surface area (Å²) in [5, 5.41) is 12.9. The number of carbonyl (C=O) groups excluding carboxylic acids is 1. The second-order valence-electron chi connectivity index (χ2n) is 6.33. The average Bonchev–Trinajstić information content (AvgIpc) is 2.56. The van der Waals surface area contributed by atoms with Crippen LogP contribution >= 0.6 is 0 Å². The van der Waals surface area contributed by atoms with Gasteiger partial charge in [-0.05, 0) is 63.0 Å². The first-order chi connectivity index (χ1) is 11.1. The van der Waals surface area contributed by atoms with Crippen molar-refractivity contribution in [1.29, 1.82) is 0 Å². The number of carbonyl (C=O) groups is 1. The number of rotatable bonds is 7. The van der Waals surface area contributed by atoms with Crippen LogP contribution in [0.5, 0.6) is 5.75 Å². The second kappa shape index (κ2) is 8.89. The van der Waals surface area contributed by atoms with E-state index in [1.165, 1.54) is 12.8 Å². The van der Waals surface area contributed by atoms with Crippen LogP contribution in [0.15, 0.2) is 24.3 Å². The second-order valence-corrected chi connectivity index (χ2v) is 6.33. The first-order valence-electron chi connectivity index (χ1n) is 8.50. The fourth-order valence-electron chi connectivity index (χ4n) is 2.75. The Bertz CT molecular complexity index is 482. The monoisotopic (exact) mass is 320 g/mol. The van der Waals surface area contributed by atoms with Crippen molar-refractivity contribution in [2.75, 3.05) is 32.8 Å². The van der Waals surface area contributed by atoms with E-state index in [2.05, 4.69) is 17.1 Å². The molecule has 1 aliphatic rings. The van der Waals surface area contributed by atoms with Crippen LogP contribution in [0, 0.1) is 5.92 Å². The number of nitrogens with one attached hydrogen (secondary N) is 1. The van der Waals surface area contributed by atoms with E-state index in [-0.39, 0.29) is 12.5 Å². The highest BCUT2D eigenvalue weighted by Crippen LogP contribution is 2.16. The van der Waals surface area contributed by atoms with Crippen LogP contribution in [0.1, 0.15) is 37.0 Å². The molecule has 0 spiro atoms. The molecule has 1 aromatic carbocycles. The van der Waals surface area contributed by atoms with E-state index < -0.39 is 6.10 Å². The number of aliphatic hydroxyl groups excluding tert-OH is 1. The molecule has 5 nitrogen and oxygen atoms in total. The lowest BCUT2D eigenvalue weighted by molar-refractivity contribution is 0.0563. The van der Waals surface area contributed by atoms with Crippen molar-refractivity contribution >= 4 is 5.91 Å². The molecule has 1 fully saturated rings. The van der Waals surface area contributed by atoms with Gasteiger partial charge in [-0.25, -0.2) is 0 Å². The molecule has 0 bridgehead atoms. The molecule has 1 heterocycles. The molecule has 1 atom stereocenters. The smallest absolute Gasteiger partial charge is 0.251 e. The quantitative estimate of drug-likeness (QED) is 0.805. The molecule has 5 heteroatoms. The Morgan fingerprint density at radius 3 is 2.61 bits per heavy atom. The summed E-state index contributed by atoms with van der Waals surface area (Å²) in [4.78, 5) is 14.0. The fraction of sp³-hybridized carbons (Fsp3) is 0.611. The first-order valence-corrected chi connectivity index (χ1v) is 8.50. The number of hydrogen-bond acceptors (Lipinski definition) is 4. The third-order valence-electron chi connectivity index (χ3n) is 4.24. The lowest BCUT2D eigenvalue weighted by Crippen LogP contribution is -2.40. The summed E-state index contributed by atoms with van der Waals surface area (Å²) in [6.45, 7) is 7.81. The number of amides is 1. The largest absolute Gasteiger partial charge is 0.491 e. The van der Waals surface area contributed by atoms with Crippen molar-refractivity contribution in [3.8, 4) is 5.75 Å². The van der Waals surface area contributed by atoms with E-state index in [0.29, 0.717) is 24.4 Å². The molecule has 0 radical (unpaired) electrons. The van der Waals surface area contributed by atoms with Crippen LogP contribution < -0.4 is 10.1 Å². The summed E-state index contributed by atoms with van der Waals surface area (Å²) in [6.07, 6.45) is 1.91. The maximum absolute atomic E-state index is 11.7. The number of likely N-dealkylation sites (tertiary alicyclic amines) is 1. The van der Waals surface area contributed by atoms with Crippen molar-refractivity contribution in [2.45, 2.75) is 32.8 Å². The predicted octanol–water partition coefficient (Wildman–Crippen LogP) is 1.91. The number of hydrogen-bond donors (Lipinski definition) is 2. The first kappa shape index (κ1) is 17.8. The van der Waals surface area contributed by atoms with Gasteiger partial charge in [0.2, 0.25) is 0 Å². The molecule has 0 aliphatic carbocycles. The standard InChI is InChI=1S/C18H28N2O3/c1-3-19-18(22)15-4-6-17(7-5-15)23-13-16(21)12-20-10-8-14(2)9-11-20/h4-7,14,16,21H,3,8-13H2,1-2H3,(H,19,22). The van der Waals surface area contributed by atoms with E-state index in [9.17, 15) is 9.90 Å². The third-order valence-corrected chi connectivity index (χ3v) is 4.24. The minimum Gasteiger partial charge on any atom is -0.491 e. The summed E-state index contributed by atoms with van der Waals surface area (Å²) < 4.78 is 5.62. The molecule has 2 rings (SSSR count). The zero-order valence-corrected chi connectivity index (χ0v) is 14.1. The van der Waals surface area contributed by atoms with Gasteiger partial charge >= 0.3 is 0 Å². The minimum absolute atomic E-state index is 0.0848. The molecule has 0 saturated carbocycles. The van der Waals surface area contributed by atoms with Crippen molar-refractivity contribution in [3.63, 3.8) is 0 Å². The zero-order valence-electron chi connectivity index (χ0n) is 14.1. The predicted molar refractivity (Wildman–Crippen MR) is 90.8 cm³/mol. The van der Waals surface area contributed by atoms with Gasteiger partial charge in [-0.2, -0.15) is 0 Å². The number of benzene rings is 1. The number of nitrogens with zero attached hydrogens (tertiary/aromatic N) is 1. The molecule has 1 unspecified atom stereocenters. The molecule has 1 aromatic rings. The lowest BCUT2D eigenvalue weighted by Gasteiger charge is -2.31. The van der Waals surface area contributed by atoms with Gasteiger partial charge in [0.15, 0.2) is 0 Å². The Balaban J connectivity index is 1.73. The van der Waals surface area contributed by atoms with E-state index >= 15 is 0 Å². The molecule has 0 aromatic heterocycles. The summed E-state index contributed by atoms with van der Waals surface area (Å²) in [6, 6.07) is 7.00. The Labute approximate surface area is 138 Å². The van der Waals surface area contributed by atoms with E-state index in [1.54, 1.807) is 24.3 Å². The van der Waals surface area contributed by atoms with Crippen LogP contribution in [0.25, 0.3) is 0 Å². The summed E-state index contributed by atoms with van der Waals surface area (Å²) >= 11 is 0. The SMILES string of the molecule is CCNC(=O)c1ccc(OCC(O)CN2CCC(C)CC2)cc1. The molecular formula is C18H28N2O3. The number of ether oxygens (including phenoxy) is 1. The van der Waals surface area contributed by atoms with Gasteiger partial charge in [0.05, 0.1) is 0 Å². The highest BCUT2D eigenvalue weighted by atomic mass is 16.5. The van der Waals surface area contributed by atoms with Crippen LogP contribution in [-0.2, 0) is 0 Å². The maximum Gasteiger partial charge on any atom is 0.251 e. The van der Waals surface area contributed by atoms with Crippen molar-refractivity contribution < 1.29 is 14.6 Å². The summed E-state index contributed by atoms with van der Waals surface area (Å²) in [5.41, 5.74) is 0.613. The van der Waals surface area contributed by atoms with Gasteiger partial charge in [0.25, 0.3) is 5.91 Å². The number of piperidine rings is 1. The van der Waals surface area contributed by atoms with Crippen molar-refractivity contribution in [2.24, 2.45) is 5.92 Å². The van der Waals surface area contributed by atoms with E-state index in [0.717, 1.165) is 19.0 Å². The zero-order chi connectivity index (χ0) is 16.7. The summed E-state index contributed by atoms with van der Waals surface area (Å²) in [7, 11) is 0. The van der Waals surface area contributed by atoms with Crippen molar-refractivity contribution in [3.05, 3.63) is 29.8 Å². The van der Waals surface area contributed by atoms with Gasteiger partial charge in [-0.1, -0.05) is 6.92 Å². The Kier molecular flexibility index (Phi) is 6.86. The molecule has 2 N–H and O–H groups in total. The van der Waals surface area contributed by atoms with Crippen LogP contribution in [0.2, 0.25) is 0 Å². The Morgan fingerprint density at radius 1 is 1.35 bits per heavy atom. The van der Waals surface area contributed by atoms with Crippen LogP contribution in [0.4, 0.5) is 0 Å². The van der Waals surface area contributed by atoms with Gasteiger partial charge in [0, 0.05) is 18.7 Å². The van der Waals surface area contributed by atoms with Gasteiger partial charge in [0.1, 0.15) is 18.5 Å². The van der Waals surface area contributed by atoms with E-state index in [4.69, 9.17) is 4.74 Å². The fourth-order valence-corrected chi connectivity index (χ4v) is 2.75. The van der Waals surface area contributed by atoms with Gasteiger partial charge < -0.3 is 20.1 Å². The summed E-state index contributed by atoms with van der Waals surface area (Å²) in [5.74, 6) is 1.38. The van der Waals surface area contributed by atoms with Gasteiger partial charge in [-0.15, -0.1) is 0 Å². The highest BCUT2D eigenvalue weighted by molar-refractivity contribution is 5.94. The Hall–Kier alpha value is -1.59. The molecule has 1 aliphatic heterocycles. The number of β-amino-alcohol motifs (C(OH)–C–C–N with tert-alkyl or cyclic N) is 1. The molecule has 1 amide bonds. The molecule has 1 saturated heterocycles. The third kappa shape index (κ3) is 5.84. The van der Waals surface area contributed by atoms with Gasteiger partial charge in [-0.3, -0.25) is 4.79 Å². The van der Waals surface area contributed by atoms with Crippen molar-refractivity contribution in [1.82, 2.24) is 10.2 Å².